The van der Waals surface area contributed by atoms with E-state index in [0.717, 1.165) is 17.7 Å². The number of amides is 1. The highest BCUT2D eigenvalue weighted by atomic mass is 35.5. The van der Waals surface area contributed by atoms with E-state index in [1.807, 2.05) is 38.1 Å². The van der Waals surface area contributed by atoms with Crippen LogP contribution in [0.15, 0.2) is 42.6 Å². The van der Waals surface area contributed by atoms with E-state index in [2.05, 4.69) is 10.3 Å². The molecule has 1 amide bonds. The van der Waals surface area contributed by atoms with E-state index < -0.39 is 6.04 Å². The van der Waals surface area contributed by atoms with Crippen LogP contribution in [0.4, 0.5) is 0 Å². The fourth-order valence-corrected chi connectivity index (χ4v) is 2.18. The lowest BCUT2D eigenvalue weighted by Gasteiger charge is -2.17. The third-order valence-corrected chi connectivity index (χ3v) is 4.09. The van der Waals surface area contributed by atoms with Crippen molar-refractivity contribution < 1.29 is 14.3 Å². The summed E-state index contributed by atoms with van der Waals surface area (Å²) in [7, 11) is 1.60. The number of pyridine rings is 1. The number of nitrogens with zero attached hydrogens (tertiary/aromatic N) is 1. The molecule has 0 fully saturated rings. The van der Waals surface area contributed by atoms with Crippen LogP contribution in [0.5, 0.6) is 17.4 Å². The molecule has 1 aromatic carbocycles. The molecule has 7 heteroatoms. The molecular weight excluding hydrogens is 354 g/mol. The van der Waals surface area contributed by atoms with Crippen molar-refractivity contribution in [3.05, 3.63) is 48.2 Å². The molecule has 26 heavy (non-hydrogen) atoms. The van der Waals surface area contributed by atoms with E-state index in [0.29, 0.717) is 18.2 Å². The van der Waals surface area contributed by atoms with Gasteiger partial charge in [0.05, 0.1) is 13.2 Å². The highest BCUT2D eigenvalue weighted by molar-refractivity contribution is 5.85. The van der Waals surface area contributed by atoms with Gasteiger partial charge in [0.25, 0.3) is 0 Å². The standard InChI is InChI=1S/C19H25N3O3.ClH/c1-4-13(2)18(20)19(23)22-12-14-8-9-17(21-11-14)25-16-7-5-6-15(10-16)24-3;/h5-11,13,18H,4,12,20H2,1-3H3,(H,22,23);1H. The zero-order valence-electron chi connectivity index (χ0n) is 15.3. The fraction of sp³-hybridized carbons (Fsp3) is 0.368. The molecule has 0 saturated carbocycles. The van der Waals surface area contributed by atoms with Gasteiger partial charge in [-0.1, -0.05) is 32.4 Å². The molecule has 2 unspecified atom stereocenters. The van der Waals surface area contributed by atoms with Gasteiger partial charge in [0, 0.05) is 24.9 Å². The van der Waals surface area contributed by atoms with Crippen molar-refractivity contribution in [2.45, 2.75) is 32.9 Å². The summed E-state index contributed by atoms with van der Waals surface area (Å²) in [5.41, 5.74) is 6.79. The van der Waals surface area contributed by atoms with Gasteiger partial charge in [-0.25, -0.2) is 4.98 Å². The summed E-state index contributed by atoms with van der Waals surface area (Å²) in [5, 5.41) is 2.84. The minimum Gasteiger partial charge on any atom is -0.497 e. The smallest absolute Gasteiger partial charge is 0.237 e. The predicted molar refractivity (Wildman–Crippen MR) is 104 cm³/mol. The molecule has 1 aromatic heterocycles. The van der Waals surface area contributed by atoms with Crippen molar-refractivity contribution in [2.75, 3.05) is 7.11 Å². The van der Waals surface area contributed by atoms with Crippen molar-refractivity contribution in [1.82, 2.24) is 10.3 Å². The van der Waals surface area contributed by atoms with E-state index in [1.54, 1.807) is 25.4 Å². The Balaban J connectivity index is 0.00000338. The van der Waals surface area contributed by atoms with Crippen LogP contribution < -0.4 is 20.5 Å². The van der Waals surface area contributed by atoms with Crippen LogP contribution in [0.1, 0.15) is 25.8 Å². The van der Waals surface area contributed by atoms with Gasteiger partial charge in [0.15, 0.2) is 0 Å². The summed E-state index contributed by atoms with van der Waals surface area (Å²) in [6.45, 7) is 4.37. The van der Waals surface area contributed by atoms with Gasteiger partial charge in [0.1, 0.15) is 11.5 Å². The van der Waals surface area contributed by atoms with Crippen molar-refractivity contribution in [3.8, 4) is 17.4 Å². The Morgan fingerprint density at radius 2 is 2.00 bits per heavy atom. The van der Waals surface area contributed by atoms with E-state index in [4.69, 9.17) is 15.2 Å². The Hall–Kier alpha value is -2.31. The first kappa shape index (κ1) is 21.7. The monoisotopic (exact) mass is 379 g/mol. The largest absolute Gasteiger partial charge is 0.497 e. The summed E-state index contributed by atoms with van der Waals surface area (Å²) in [4.78, 5) is 16.3. The highest BCUT2D eigenvalue weighted by Crippen LogP contribution is 2.23. The van der Waals surface area contributed by atoms with Crippen LogP contribution in [-0.4, -0.2) is 24.0 Å². The molecule has 0 aliphatic carbocycles. The molecular formula is C19H26ClN3O3. The Kier molecular flexibility index (Phi) is 8.88. The summed E-state index contributed by atoms with van der Waals surface area (Å²) in [5.74, 6) is 1.84. The molecule has 3 N–H and O–H groups in total. The topological polar surface area (TPSA) is 86.5 Å². The summed E-state index contributed by atoms with van der Waals surface area (Å²) in [6.07, 6.45) is 2.54. The van der Waals surface area contributed by atoms with Crippen molar-refractivity contribution in [1.29, 1.82) is 0 Å². The SMILES string of the molecule is CCC(C)C(N)C(=O)NCc1ccc(Oc2cccc(OC)c2)nc1.Cl. The third kappa shape index (κ3) is 6.20. The average molecular weight is 380 g/mol. The second-order valence-electron chi connectivity index (χ2n) is 5.91. The Bertz CT molecular complexity index is 695. The zero-order chi connectivity index (χ0) is 18.2. The van der Waals surface area contributed by atoms with Crippen LogP contribution >= 0.6 is 12.4 Å². The number of hydrogen-bond acceptors (Lipinski definition) is 5. The quantitative estimate of drug-likeness (QED) is 0.734. The second-order valence-corrected chi connectivity index (χ2v) is 5.91. The number of rotatable bonds is 8. The van der Waals surface area contributed by atoms with Crippen LogP contribution in [0.3, 0.4) is 0 Å². The van der Waals surface area contributed by atoms with E-state index in [-0.39, 0.29) is 24.2 Å². The number of methoxy groups -OCH3 is 1. The van der Waals surface area contributed by atoms with Gasteiger partial charge < -0.3 is 20.5 Å². The minimum atomic E-state index is -0.492. The molecule has 0 spiro atoms. The van der Waals surface area contributed by atoms with Crippen molar-refractivity contribution >= 4 is 18.3 Å². The van der Waals surface area contributed by atoms with Gasteiger partial charge in [-0.3, -0.25) is 4.79 Å². The van der Waals surface area contributed by atoms with E-state index >= 15 is 0 Å². The number of carbonyl (C=O) groups is 1. The molecule has 0 saturated heterocycles. The third-order valence-electron chi connectivity index (χ3n) is 4.09. The highest BCUT2D eigenvalue weighted by Gasteiger charge is 2.18. The Morgan fingerprint density at radius 3 is 2.62 bits per heavy atom. The maximum Gasteiger partial charge on any atom is 0.237 e. The van der Waals surface area contributed by atoms with Crippen molar-refractivity contribution in [2.24, 2.45) is 11.7 Å². The number of carbonyl (C=O) groups excluding carboxylic acids is 1. The number of nitrogens with two attached hydrogens (primary N) is 1. The molecule has 142 valence electrons. The first-order valence-corrected chi connectivity index (χ1v) is 8.33. The van der Waals surface area contributed by atoms with Gasteiger partial charge in [0.2, 0.25) is 11.8 Å². The number of aromatic nitrogens is 1. The normalized spacial score (nSPS) is 12.5. The number of halogens is 1. The lowest BCUT2D eigenvalue weighted by molar-refractivity contribution is -0.123. The van der Waals surface area contributed by atoms with Gasteiger partial charge >= 0.3 is 0 Å². The van der Waals surface area contributed by atoms with Crippen LogP contribution in [0.2, 0.25) is 0 Å². The maximum atomic E-state index is 12.0. The molecule has 2 rings (SSSR count). The lowest BCUT2D eigenvalue weighted by Crippen LogP contribution is -2.44. The second kappa shape index (κ2) is 10.6. The molecule has 2 atom stereocenters. The predicted octanol–water partition coefficient (Wildman–Crippen LogP) is 3.29. The van der Waals surface area contributed by atoms with Crippen molar-refractivity contribution in [3.63, 3.8) is 0 Å². The van der Waals surface area contributed by atoms with E-state index in [1.165, 1.54) is 0 Å². The Morgan fingerprint density at radius 1 is 1.27 bits per heavy atom. The zero-order valence-corrected chi connectivity index (χ0v) is 16.1. The number of nitrogens with one attached hydrogen (secondary N) is 1. The first-order chi connectivity index (χ1) is 12.0. The molecule has 1 heterocycles. The minimum absolute atomic E-state index is 0. The molecule has 6 nitrogen and oxygen atoms in total. The molecule has 0 aliphatic heterocycles. The fourth-order valence-electron chi connectivity index (χ4n) is 2.18. The Labute approximate surface area is 160 Å². The van der Waals surface area contributed by atoms with Gasteiger partial charge in [-0.05, 0) is 23.6 Å². The lowest BCUT2D eigenvalue weighted by atomic mass is 9.99. The van der Waals surface area contributed by atoms with Crippen LogP contribution in [0, 0.1) is 5.92 Å². The number of hydrogen-bond donors (Lipinski definition) is 2. The first-order valence-electron chi connectivity index (χ1n) is 8.33. The van der Waals surface area contributed by atoms with E-state index in [9.17, 15) is 4.79 Å². The molecule has 2 aromatic rings. The van der Waals surface area contributed by atoms with Gasteiger partial charge in [-0.15, -0.1) is 12.4 Å². The molecule has 0 aliphatic rings. The summed E-state index contributed by atoms with van der Waals surface area (Å²) >= 11 is 0. The average Bonchev–Trinajstić information content (AvgIpc) is 2.66. The summed E-state index contributed by atoms with van der Waals surface area (Å²) in [6, 6.07) is 10.4. The number of benzene rings is 1. The molecule has 0 bridgehead atoms. The van der Waals surface area contributed by atoms with Gasteiger partial charge in [-0.2, -0.15) is 0 Å². The number of ether oxygens (including phenoxy) is 2. The molecule has 0 radical (unpaired) electrons. The van der Waals surface area contributed by atoms with Crippen LogP contribution in [0.25, 0.3) is 0 Å². The summed E-state index contributed by atoms with van der Waals surface area (Å²) < 4.78 is 10.8. The van der Waals surface area contributed by atoms with Crippen LogP contribution in [-0.2, 0) is 11.3 Å². The maximum absolute atomic E-state index is 12.0.